The molecule has 0 saturated heterocycles. The lowest BCUT2D eigenvalue weighted by atomic mass is 10.1. The number of H-pyrrole nitrogens is 1. The Kier molecular flexibility index (Phi) is 3.51. The molecule has 2 aliphatic rings. The Bertz CT molecular complexity index is 794. The molecule has 2 aliphatic carbocycles. The average Bonchev–Trinajstić information content (AvgIpc) is 3.07. The quantitative estimate of drug-likeness (QED) is 0.943. The van der Waals surface area contributed by atoms with Gasteiger partial charge in [-0.05, 0) is 49.8 Å². The van der Waals surface area contributed by atoms with E-state index in [1.165, 1.54) is 25.7 Å². The predicted molar refractivity (Wildman–Crippen MR) is 89.7 cm³/mol. The Labute approximate surface area is 135 Å². The van der Waals surface area contributed by atoms with Crippen LogP contribution in [0.2, 0.25) is 0 Å². The van der Waals surface area contributed by atoms with E-state index in [0.29, 0.717) is 17.5 Å². The van der Waals surface area contributed by atoms with Crippen LogP contribution in [0.3, 0.4) is 0 Å². The van der Waals surface area contributed by atoms with Crippen molar-refractivity contribution in [3.63, 3.8) is 0 Å². The minimum Gasteiger partial charge on any atom is -0.341 e. The van der Waals surface area contributed by atoms with Gasteiger partial charge in [-0.2, -0.15) is 0 Å². The van der Waals surface area contributed by atoms with Crippen LogP contribution in [0.5, 0.6) is 0 Å². The van der Waals surface area contributed by atoms with Crippen LogP contribution in [0.1, 0.15) is 54.9 Å². The molecule has 23 heavy (non-hydrogen) atoms. The summed E-state index contributed by atoms with van der Waals surface area (Å²) in [5, 5.41) is 0. The molecule has 1 aromatic heterocycles. The topological polar surface area (TPSA) is 58.1 Å². The zero-order chi connectivity index (χ0) is 16.0. The second-order valence-corrected chi connectivity index (χ2v) is 7.10. The number of hydrogen-bond acceptors (Lipinski definition) is 2. The molecule has 2 fully saturated rings. The largest absolute Gasteiger partial charge is 0.341 e. The molecule has 1 heterocycles. The van der Waals surface area contributed by atoms with Crippen LogP contribution in [0.4, 0.5) is 0 Å². The molecule has 5 nitrogen and oxygen atoms in total. The first-order valence-electron chi connectivity index (χ1n) is 8.63. The first-order valence-corrected chi connectivity index (χ1v) is 8.63. The molecular weight excluding hydrogens is 290 g/mol. The number of rotatable bonds is 4. The van der Waals surface area contributed by atoms with E-state index in [2.05, 4.69) is 4.98 Å². The van der Waals surface area contributed by atoms with Crippen molar-refractivity contribution in [2.75, 3.05) is 13.6 Å². The molecule has 1 N–H and O–H groups in total. The smallest absolute Gasteiger partial charge is 0.326 e. The molecule has 1 amide bonds. The van der Waals surface area contributed by atoms with E-state index in [1.54, 1.807) is 4.90 Å². The van der Waals surface area contributed by atoms with E-state index >= 15 is 0 Å². The van der Waals surface area contributed by atoms with Gasteiger partial charge in [0.2, 0.25) is 0 Å². The zero-order valence-electron chi connectivity index (χ0n) is 13.5. The van der Waals surface area contributed by atoms with Gasteiger partial charge in [-0.25, -0.2) is 4.79 Å². The average molecular weight is 313 g/mol. The Balaban J connectivity index is 1.65. The summed E-state index contributed by atoms with van der Waals surface area (Å²) in [6, 6.07) is 5.90. The van der Waals surface area contributed by atoms with Gasteiger partial charge in [0, 0.05) is 25.2 Å². The third-order valence-electron chi connectivity index (χ3n) is 5.23. The molecule has 4 rings (SSSR count). The van der Waals surface area contributed by atoms with E-state index in [9.17, 15) is 9.59 Å². The van der Waals surface area contributed by atoms with Crippen molar-refractivity contribution in [3.8, 4) is 0 Å². The Morgan fingerprint density at radius 2 is 2.00 bits per heavy atom. The van der Waals surface area contributed by atoms with E-state index < -0.39 is 0 Å². The summed E-state index contributed by atoms with van der Waals surface area (Å²) in [4.78, 5) is 29.6. The third-order valence-corrected chi connectivity index (χ3v) is 5.23. The number of nitrogens with zero attached hydrogens (tertiary/aromatic N) is 2. The highest BCUT2D eigenvalue weighted by Gasteiger charge is 2.26. The lowest BCUT2D eigenvalue weighted by Gasteiger charge is -2.17. The van der Waals surface area contributed by atoms with Gasteiger partial charge >= 0.3 is 5.69 Å². The number of benzene rings is 1. The van der Waals surface area contributed by atoms with E-state index in [1.807, 2.05) is 29.8 Å². The summed E-state index contributed by atoms with van der Waals surface area (Å²) in [6.07, 6.45) is 6.97. The first-order chi connectivity index (χ1) is 11.1. The summed E-state index contributed by atoms with van der Waals surface area (Å²) in [5.74, 6) is 0.712. The molecular formula is C18H23N3O2. The number of carbonyl (C=O) groups is 1. The van der Waals surface area contributed by atoms with Crippen molar-refractivity contribution in [1.29, 1.82) is 0 Å². The van der Waals surface area contributed by atoms with Gasteiger partial charge in [0.1, 0.15) is 0 Å². The molecule has 1 aromatic carbocycles. The molecule has 0 bridgehead atoms. The standard InChI is InChI=1S/C18H23N3O2/c1-20(11-12-6-7-12)17(22)13-8-9-16-15(10-13)19-18(23)21(16)14-4-2-3-5-14/h8-10,12,14H,2-7,11H2,1H3,(H,19,23). The summed E-state index contributed by atoms with van der Waals surface area (Å²) >= 11 is 0. The number of aromatic nitrogens is 2. The predicted octanol–water partition coefficient (Wildman–Crippen LogP) is 2.93. The molecule has 0 aliphatic heterocycles. The fraction of sp³-hybridized carbons (Fsp3) is 0.556. The lowest BCUT2D eigenvalue weighted by molar-refractivity contribution is 0.0789. The monoisotopic (exact) mass is 313 g/mol. The summed E-state index contributed by atoms with van der Waals surface area (Å²) in [7, 11) is 1.86. The Hall–Kier alpha value is -2.04. The second-order valence-electron chi connectivity index (χ2n) is 7.10. The van der Waals surface area contributed by atoms with Gasteiger partial charge in [-0.15, -0.1) is 0 Å². The summed E-state index contributed by atoms with van der Waals surface area (Å²) in [6.45, 7) is 0.830. The lowest BCUT2D eigenvalue weighted by Crippen LogP contribution is -2.28. The van der Waals surface area contributed by atoms with Crippen LogP contribution in [0.15, 0.2) is 23.0 Å². The van der Waals surface area contributed by atoms with Crippen molar-refractivity contribution in [3.05, 3.63) is 34.2 Å². The van der Waals surface area contributed by atoms with Gasteiger partial charge in [-0.3, -0.25) is 9.36 Å². The van der Waals surface area contributed by atoms with Crippen LogP contribution in [-0.4, -0.2) is 34.0 Å². The van der Waals surface area contributed by atoms with Crippen LogP contribution in [0.25, 0.3) is 11.0 Å². The van der Waals surface area contributed by atoms with Gasteiger partial charge < -0.3 is 9.88 Å². The molecule has 2 aromatic rings. The van der Waals surface area contributed by atoms with Crippen molar-refractivity contribution < 1.29 is 4.79 Å². The van der Waals surface area contributed by atoms with Crippen LogP contribution < -0.4 is 5.69 Å². The first kappa shape index (κ1) is 14.5. The number of imidazole rings is 1. The molecule has 5 heteroatoms. The van der Waals surface area contributed by atoms with Crippen molar-refractivity contribution in [2.24, 2.45) is 5.92 Å². The minimum atomic E-state index is -0.0529. The molecule has 122 valence electrons. The number of nitrogens with one attached hydrogen (secondary N) is 1. The maximum absolute atomic E-state index is 12.5. The number of fused-ring (bicyclic) bond motifs is 1. The zero-order valence-corrected chi connectivity index (χ0v) is 13.5. The van der Waals surface area contributed by atoms with Crippen molar-refractivity contribution in [2.45, 2.75) is 44.6 Å². The van der Waals surface area contributed by atoms with E-state index in [-0.39, 0.29) is 11.6 Å². The number of aromatic amines is 1. The third kappa shape index (κ3) is 2.69. The molecule has 2 saturated carbocycles. The van der Waals surface area contributed by atoms with Crippen LogP contribution in [-0.2, 0) is 0 Å². The number of hydrogen-bond donors (Lipinski definition) is 1. The van der Waals surface area contributed by atoms with Gasteiger partial charge in [0.15, 0.2) is 0 Å². The fourth-order valence-electron chi connectivity index (χ4n) is 3.78. The molecule has 0 unspecified atom stereocenters. The van der Waals surface area contributed by atoms with Gasteiger partial charge in [0.05, 0.1) is 11.0 Å². The highest BCUT2D eigenvalue weighted by molar-refractivity contribution is 5.97. The van der Waals surface area contributed by atoms with Crippen molar-refractivity contribution >= 4 is 16.9 Å². The molecule has 0 radical (unpaired) electrons. The highest BCUT2D eigenvalue weighted by Crippen LogP contribution is 2.31. The van der Waals surface area contributed by atoms with E-state index in [0.717, 1.165) is 30.4 Å². The van der Waals surface area contributed by atoms with Crippen molar-refractivity contribution in [1.82, 2.24) is 14.5 Å². The normalized spacial score (nSPS) is 18.7. The van der Waals surface area contributed by atoms with Gasteiger partial charge in [-0.1, -0.05) is 12.8 Å². The van der Waals surface area contributed by atoms with E-state index in [4.69, 9.17) is 0 Å². The minimum absolute atomic E-state index is 0.0354. The summed E-state index contributed by atoms with van der Waals surface area (Å²) in [5.41, 5.74) is 2.29. The maximum atomic E-state index is 12.5. The second kappa shape index (κ2) is 5.55. The Morgan fingerprint density at radius 3 is 2.70 bits per heavy atom. The number of carbonyl (C=O) groups excluding carboxylic acids is 1. The summed E-state index contributed by atoms with van der Waals surface area (Å²) < 4.78 is 1.88. The highest BCUT2D eigenvalue weighted by atomic mass is 16.2. The number of amides is 1. The SMILES string of the molecule is CN(CC1CC1)C(=O)c1ccc2c(c1)[nH]c(=O)n2C1CCCC1. The molecule has 0 spiro atoms. The maximum Gasteiger partial charge on any atom is 0.326 e. The van der Waals surface area contributed by atoms with Crippen LogP contribution in [0, 0.1) is 5.92 Å². The molecule has 0 atom stereocenters. The van der Waals surface area contributed by atoms with Crippen LogP contribution >= 0.6 is 0 Å². The van der Waals surface area contributed by atoms with Gasteiger partial charge in [0.25, 0.3) is 5.91 Å². The Morgan fingerprint density at radius 1 is 1.26 bits per heavy atom. The fourth-order valence-corrected chi connectivity index (χ4v) is 3.78.